The standard InChI is InChI=1S/C22H25F3N6O4/c1-13(22(23,24)25)27-20(33)16-3-4-17-19(28-16)31(14-6-8-30(17)12-14)21(34)29-18-11-15(5-7-26-18)35-10-2-9-32/h3-5,7,11,13-14,32H,2,6,8-10,12H2,1H3,(H,27,33)(H,26,29,34)/t13-,14?/m1/s1. The average molecular weight is 494 g/mol. The quantitative estimate of drug-likeness (QED) is 0.506. The number of pyridine rings is 2. The predicted octanol–water partition coefficient (Wildman–Crippen LogP) is 2.55. The highest BCUT2D eigenvalue weighted by Crippen LogP contribution is 2.39. The molecule has 2 aromatic heterocycles. The van der Waals surface area contributed by atoms with E-state index in [2.05, 4.69) is 15.3 Å². The number of halogens is 3. The molecule has 2 aliphatic heterocycles. The zero-order chi connectivity index (χ0) is 25.2. The number of aliphatic hydroxyl groups excluding tert-OH is 1. The number of ether oxygens (including phenoxy) is 1. The molecule has 3 amide bonds. The Labute approximate surface area is 199 Å². The molecule has 0 aliphatic carbocycles. The molecular formula is C22H25F3N6O4. The summed E-state index contributed by atoms with van der Waals surface area (Å²) < 4.78 is 44.1. The number of anilines is 3. The Hall–Kier alpha value is -3.61. The lowest BCUT2D eigenvalue weighted by Gasteiger charge is -2.35. The molecule has 13 heteroatoms. The van der Waals surface area contributed by atoms with E-state index in [1.807, 2.05) is 10.2 Å². The van der Waals surface area contributed by atoms with E-state index in [4.69, 9.17) is 9.84 Å². The molecular weight excluding hydrogens is 469 g/mol. The number of aliphatic hydroxyl groups is 1. The van der Waals surface area contributed by atoms with Crippen LogP contribution in [0.3, 0.4) is 0 Å². The third-order valence-corrected chi connectivity index (χ3v) is 5.78. The Morgan fingerprint density at radius 3 is 2.86 bits per heavy atom. The van der Waals surface area contributed by atoms with Gasteiger partial charge in [-0.1, -0.05) is 0 Å². The second kappa shape index (κ2) is 9.94. The number of amides is 3. The molecule has 2 aliphatic rings. The summed E-state index contributed by atoms with van der Waals surface area (Å²) in [4.78, 5) is 37.6. The minimum Gasteiger partial charge on any atom is -0.493 e. The summed E-state index contributed by atoms with van der Waals surface area (Å²) in [5.74, 6) is -0.101. The highest BCUT2D eigenvalue weighted by molar-refractivity contribution is 6.05. The second-order valence-corrected chi connectivity index (χ2v) is 8.27. The van der Waals surface area contributed by atoms with Gasteiger partial charge in [0, 0.05) is 38.4 Å². The van der Waals surface area contributed by atoms with Gasteiger partial charge in [-0.25, -0.2) is 14.8 Å². The van der Waals surface area contributed by atoms with Crippen LogP contribution in [0, 0.1) is 0 Å². The van der Waals surface area contributed by atoms with Crippen molar-refractivity contribution in [3.63, 3.8) is 0 Å². The van der Waals surface area contributed by atoms with Crippen molar-refractivity contribution in [2.24, 2.45) is 0 Å². The van der Waals surface area contributed by atoms with Crippen molar-refractivity contribution < 1.29 is 32.6 Å². The average Bonchev–Trinajstić information content (AvgIpc) is 3.22. The van der Waals surface area contributed by atoms with Crippen LogP contribution >= 0.6 is 0 Å². The maximum absolute atomic E-state index is 13.3. The van der Waals surface area contributed by atoms with Gasteiger partial charge >= 0.3 is 12.2 Å². The Kier molecular flexibility index (Phi) is 6.96. The Morgan fingerprint density at radius 2 is 2.11 bits per heavy atom. The Morgan fingerprint density at radius 1 is 1.31 bits per heavy atom. The molecule has 1 unspecified atom stereocenters. The molecule has 1 saturated heterocycles. The van der Waals surface area contributed by atoms with E-state index in [0.717, 1.165) is 6.92 Å². The highest BCUT2D eigenvalue weighted by Gasteiger charge is 2.41. The predicted molar refractivity (Wildman–Crippen MR) is 121 cm³/mol. The summed E-state index contributed by atoms with van der Waals surface area (Å²) in [6.45, 7) is 2.37. The molecule has 0 radical (unpaired) electrons. The molecule has 35 heavy (non-hydrogen) atoms. The third-order valence-electron chi connectivity index (χ3n) is 5.78. The van der Waals surface area contributed by atoms with E-state index in [1.165, 1.54) is 23.2 Å². The minimum absolute atomic E-state index is 0.0103. The lowest BCUT2D eigenvalue weighted by Crippen LogP contribution is -2.49. The number of rotatable bonds is 7. The molecule has 1 fully saturated rings. The summed E-state index contributed by atoms with van der Waals surface area (Å²) in [5.41, 5.74) is 0.390. The number of hydrogen-bond acceptors (Lipinski definition) is 7. The first-order valence-electron chi connectivity index (χ1n) is 11.1. The normalized spacial score (nSPS) is 17.6. The Balaban J connectivity index is 1.56. The number of nitrogens with zero attached hydrogens (tertiary/aromatic N) is 4. The van der Waals surface area contributed by atoms with Gasteiger partial charge in [-0.05, 0) is 31.5 Å². The zero-order valence-corrected chi connectivity index (χ0v) is 18.9. The fraction of sp³-hybridized carbons (Fsp3) is 0.455. The van der Waals surface area contributed by atoms with Crippen molar-refractivity contribution >= 4 is 29.3 Å². The molecule has 0 spiro atoms. The third kappa shape index (κ3) is 5.39. The van der Waals surface area contributed by atoms with Crippen molar-refractivity contribution in [3.8, 4) is 5.75 Å². The molecule has 4 heterocycles. The van der Waals surface area contributed by atoms with Crippen LogP contribution in [0.5, 0.6) is 5.75 Å². The van der Waals surface area contributed by atoms with Crippen molar-refractivity contribution in [3.05, 3.63) is 36.2 Å². The van der Waals surface area contributed by atoms with Gasteiger partial charge in [0.15, 0.2) is 5.82 Å². The maximum atomic E-state index is 13.3. The second-order valence-electron chi connectivity index (χ2n) is 8.27. The van der Waals surface area contributed by atoms with Crippen LogP contribution in [0.2, 0.25) is 0 Å². The van der Waals surface area contributed by atoms with Gasteiger partial charge in [0.05, 0.1) is 18.3 Å². The molecule has 2 atom stereocenters. The van der Waals surface area contributed by atoms with Gasteiger partial charge in [-0.2, -0.15) is 13.2 Å². The van der Waals surface area contributed by atoms with Crippen LogP contribution < -0.4 is 25.2 Å². The van der Waals surface area contributed by atoms with E-state index >= 15 is 0 Å². The SMILES string of the molecule is C[C@@H](NC(=O)c1ccc2c(n1)N(C(=O)Nc1cc(OCCCO)ccn1)C1CCN2C1)C(F)(F)F. The van der Waals surface area contributed by atoms with Crippen molar-refractivity contribution in [2.75, 3.05) is 41.4 Å². The summed E-state index contributed by atoms with van der Waals surface area (Å²) in [7, 11) is 0. The molecule has 3 N–H and O–H groups in total. The van der Waals surface area contributed by atoms with Crippen LogP contribution in [0.4, 0.5) is 35.3 Å². The molecule has 4 rings (SSSR count). The van der Waals surface area contributed by atoms with E-state index in [1.54, 1.807) is 12.1 Å². The van der Waals surface area contributed by atoms with Gasteiger partial charge in [0.25, 0.3) is 5.91 Å². The van der Waals surface area contributed by atoms with Crippen LogP contribution in [0.25, 0.3) is 0 Å². The first-order valence-corrected chi connectivity index (χ1v) is 11.1. The molecule has 188 valence electrons. The number of carbonyl (C=O) groups is 2. The van der Waals surface area contributed by atoms with Gasteiger partial charge in [0.1, 0.15) is 23.3 Å². The smallest absolute Gasteiger partial charge is 0.408 e. The monoisotopic (exact) mass is 494 g/mol. The van der Waals surface area contributed by atoms with Gasteiger partial charge in [0.2, 0.25) is 0 Å². The van der Waals surface area contributed by atoms with Crippen LogP contribution in [0.1, 0.15) is 30.3 Å². The van der Waals surface area contributed by atoms with E-state index in [9.17, 15) is 22.8 Å². The summed E-state index contributed by atoms with van der Waals surface area (Å²) in [6, 6.07) is 3.28. The fourth-order valence-corrected chi connectivity index (χ4v) is 3.94. The number of urea groups is 1. The summed E-state index contributed by atoms with van der Waals surface area (Å²) in [6.07, 6.45) is -2.01. The lowest BCUT2D eigenvalue weighted by atomic mass is 10.1. The van der Waals surface area contributed by atoms with E-state index < -0.39 is 24.2 Å². The van der Waals surface area contributed by atoms with Gasteiger partial charge in [-0.15, -0.1) is 0 Å². The molecule has 2 aromatic rings. The lowest BCUT2D eigenvalue weighted by molar-refractivity contribution is -0.149. The number of carbonyl (C=O) groups excluding carboxylic acids is 2. The van der Waals surface area contributed by atoms with Crippen LogP contribution in [0.15, 0.2) is 30.5 Å². The minimum atomic E-state index is -4.59. The number of hydrogen-bond donors (Lipinski definition) is 3. The molecule has 10 nitrogen and oxygen atoms in total. The van der Waals surface area contributed by atoms with Crippen LogP contribution in [-0.2, 0) is 0 Å². The van der Waals surface area contributed by atoms with E-state index in [0.29, 0.717) is 44.0 Å². The summed E-state index contributed by atoms with van der Waals surface area (Å²) in [5, 5.41) is 13.5. The topological polar surface area (TPSA) is 120 Å². The number of aromatic nitrogens is 2. The first-order chi connectivity index (χ1) is 16.7. The molecule has 2 bridgehead atoms. The highest BCUT2D eigenvalue weighted by atomic mass is 19.4. The number of nitrogens with one attached hydrogen (secondary N) is 2. The van der Waals surface area contributed by atoms with Crippen molar-refractivity contribution in [1.29, 1.82) is 0 Å². The van der Waals surface area contributed by atoms with Crippen LogP contribution in [-0.4, -0.2) is 71.6 Å². The number of fused-ring (bicyclic) bond motifs is 4. The maximum Gasteiger partial charge on any atom is 0.408 e. The molecule has 0 saturated carbocycles. The van der Waals surface area contributed by atoms with Crippen molar-refractivity contribution in [1.82, 2.24) is 15.3 Å². The van der Waals surface area contributed by atoms with Crippen molar-refractivity contribution in [2.45, 2.75) is 38.0 Å². The summed E-state index contributed by atoms with van der Waals surface area (Å²) >= 11 is 0. The largest absolute Gasteiger partial charge is 0.493 e. The fourth-order valence-electron chi connectivity index (χ4n) is 3.94. The zero-order valence-electron chi connectivity index (χ0n) is 18.9. The van der Waals surface area contributed by atoms with E-state index in [-0.39, 0.29) is 30.0 Å². The first kappa shape index (κ1) is 24.5. The Bertz CT molecular complexity index is 1100. The number of alkyl halides is 3. The van der Waals surface area contributed by atoms with Gasteiger partial charge in [-0.3, -0.25) is 15.0 Å². The molecule has 0 aromatic carbocycles. The van der Waals surface area contributed by atoms with Gasteiger partial charge < -0.3 is 20.1 Å².